The summed E-state index contributed by atoms with van der Waals surface area (Å²) in [4.78, 5) is 11.3. The van der Waals surface area contributed by atoms with Crippen LogP contribution in [0, 0.1) is 0 Å². The quantitative estimate of drug-likeness (QED) is 0.822. The molecular weight excluding hydrogens is 236 g/mol. The number of carbonyl (C=O) groups excluding carboxylic acids is 1. The average Bonchev–Trinajstić information content (AvgIpc) is 2.15. The Morgan fingerprint density at radius 2 is 2.15 bits per heavy atom. The maximum atomic E-state index is 11.3. The van der Waals surface area contributed by atoms with Crippen molar-refractivity contribution in [2.24, 2.45) is 0 Å². The zero-order valence-electron chi connectivity index (χ0n) is 6.87. The van der Waals surface area contributed by atoms with Crippen molar-refractivity contribution in [2.75, 3.05) is 13.2 Å². The summed E-state index contributed by atoms with van der Waals surface area (Å²) in [6.45, 7) is -0.129. The average molecular weight is 245 g/mol. The Labute approximate surface area is 84.5 Å². The van der Waals surface area contributed by atoms with Gasteiger partial charge in [0.05, 0.1) is 12.2 Å². The van der Waals surface area contributed by atoms with Crippen LogP contribution in [0.2, 0.25) is 0 Å². The molecule has 1 aromatic rings. The van der Waals surface area contributed by atoms with Crippen LogP contribution >= 0.6 is 15.9 Å². The highest BCUT2D eigenvalue weighted by Gasteiger charge is 2.09. The van der Waals surface area contributed by atoms with Crippen molar-refractivity contribution >= 4 is 21.9 Å². The molecule has 3 nitrogen and oxygen atoms in total. The number of rotatable bonds is 3. The molecule has 0 aliphatic carbocycles. The number of hydrogen-bond donors (Lipinski definition) is 1. The van der Waals surface area contributed by atoms with Gasteiger partial charge in [-0.15, -0.1) is 0 Å². The molecule has 0 aromatic heterocycles. The molecule has 0 saturated heterocycles. The van der Waals surface area contributed by atoms with Gasteiger partial charge in [0.2, 0.25) is 0 Å². The van der Waals surface area contributed by atoms with Gasteiger partial charge in [0, 0.05) is 4.47 Å². The Kier molecular flexibility index (Phi) is 3.92. The van der Waals surface area contributed by atoms with Crippen LogP contribution in [0.15, 0.2) is 28.7 Å². The van der Waals surface area contributed by atoms with Crippen LogP contribution in [0.4, 0.5) is 0 Å². The Hall–Kier alpha value is -0.870. The number of aliphatic hydroxyl groups excluding tert-OH is 1. The molecule has 0 fully saturated rings. The highest BCUT2D eigenvalue weighted by Crippen LogP contribution is 2.16. The predicted octanol–water partition coefficient (Wildman–Crippen LogP) is 1.60. The maximum absolute atomic E-state index is 11.3. The van der Waals surface area contributed by atoms with Crippen molar-refractivity contribution in [2.45, 2.75) is 0 Å². The molecule has 0 spiro atoms. The first-order valence-electron chi connectivity index (χ1n) is 3.78. The van der Waals surface area contributed by atoms with E-state index < -0.39 is 5.97 Å². The summed E-state index contributed by atoms with van der Waals surface area (Å²) < 4.78 is 5.43. The Morgan fingerprint density at radius 3 is 2.77 bits per heavy atom. The van der Waals surface area contributed by atoms with Crippen molar-refractivity contribution in [3.8, 4) is 0 Å². The van der Waals surface area contributed by atoms with Gasteiger partial charge in [-0.3, -0.25) is 0 Å². The molecule has 0 heterocycles. The van der Waals surface area contributed by atoms with Crippen LogP contribution in [-0.4, -0.2) is 24.3 Å². The molecule has 0 aliphatic heterocycles. The first-order valence-corrected chi connectivity index (χ1v) is 4.57. The van der Waals surface area contributed by atoms with Gasteiger partial charge >= 0.3 is 5.97 Å². The van der Waals surface area contributed by atoms with Gasteiger partial charge in [-0.2, -0.15) is 0 Å². The Balaban J connectivity index is 2.71. The maximum Gasteiger partial charge on any atom is 0.339 e. The van der Waals surface area contributed by atoms with Crippen molar-refractivity contribution in [1.82, 2.24) is 0 Å². The number of benzene rings is 1. The minimum Gasteiger partial charge on any atom is -0.460 e. The van der Waals surface area contributed by atoms with Gasteiger partial charge in [-0.05, 0) is 28.1 Å². The summed E-state index contributed by atoms with van der Waals surface area (Å²) >= 11 is 3.23. The summed E-state index contributed by atoms with van der Waals surface area (Å²) in [7, 11) is 0. The van der Waals surface area contributed by atoms with Crippen molar-refractivity contribution < 1.29 is 14.6 Å². The monoisotopic (exact) mass is 244 g/mol. The minimum absolute atomic E-state index is 0.0279. The standard InChI is InChI=1S/C9H9BrO3/c10-8-4-2-1-3-7(8)9(12)13-6-5-11/h1-4,11H,5-6H2. The lowest BCUT2D eigenvalue weighted by Crippen LogP contribution is -2.09. The van der Waals surface area contributed by atoms with Crippen molar-refractivity contribution in [1.29, 1.82) is 0 Å². The van der Waals surface area contributed by atoms with Crippen LogP contribution in [0.1, 0.15) is 10.4 Å². The van der Waals surface area contributed by atoms with Crippen LogP contribution in [0.5, 0.6) is 0 Å². The second-order valence-corrected chi connectivity index (χ2v) is 3.19. The molecule has 0 bridgehead atoms. The molecule has 4 heteroatoms. The lowest BCUT2D eigenvalue weighted by atomic mass is 10.2. The van der Waals surface area contributed by atoms with E-state index in [0.29, 0.717) is 10.0 Å². The van der Waals surface area contributed by atoms with E-state index in [1.54, 1.807) is 18.2 Å². The largest absolute Gasteiger partial charge is 0.460 e. The number of ether oxygens (including phenoxy) is 1. The van der Waals surface area contributed by atoms with Crippen LogP contribution in [-0.2, 0) is 4.74 Å². The minimum atomic E-state index is -0.429. The van der Waals surface area contributed by atoms with Gasteiger partial charge in [-0.1, -0.05) is 12.1 Å². The molecule has 70 valence electrons. The lowest BCUT2D eigenvalue weighted by Gasteiger charge is -2.03. The van der Waals surface area contributed by atoms with E-state index in [-0.39, 0.29) is 13.2 Å². The summed E-state index contributed by atoms with van der Waals surface area (Å²) in [5.74, 6) is -0.429. The first kappa shape index (κ1) is 10.2. The number of aliphatic hydroxyl groups is 1. The normalized spacial score (nSPS) is 9.69. The lowest BCUT2D eigenvalue weighted by molar-refractivity contribution is 0.0432. The smallest absolute Gasteiger partial charge is 0.339 e. The third-order valence-electron chi connectivity index (χ3n) is 1.42. The summed E-state index contributed by atoms with van der Waals surface area (Å²) in [6.07, 6.45) is 0. The molecule has 0 saturated carbocycles. The van der Waals surface area contributed by atoms with Crippen LogP contribution in [0.25, 0.3) is 0 Å². The highest BCUT2D eigenvalue weighted by molar-refractivity contribution is 9.10. The molecule has 0 amide bonds. The van der Waals surface area contributed by atoms with Gasteiger partial charge in [0.25, 0.3) is 0 Å². The van der Waals surface area contributed by atoms with E-state index in [2.05, 4.69) is 15.9 Å². The van der Waals surface area contributed by atoms with E-state index in [1.165, 1.54) is 0 Å². The predicted molar refractivity (Wildman–Crippen MR) is 51.5 cm³/mol. The van der Waals surface area contributed by atoms with Gasteiger partial charge in [0.1, 0.15) is 6.61 Å². The van der Waals surface area contributed by atoms with E-state index in [4.69, 9.17) is 9.84 Å². The van der Waals surface area contributed by atoms with Gasteiger partial charge in [0.15, 0.2) is 0 Å². The Morgan fingerprint density at radius 1 is 1.46 bits per heavy atom. The van der Waals surface area contributed by atoms with E-state index >= 15 is 0 Å². The zero-order chi connectivity index (χ0) is 9.68. The van der Waals surface area contributed by atoms with Gasteiger partial charge < -0.3 is 9.84 Å². The van der Waals surface area contributed by atoms with Crippen molar-refractivity contribution in [3.63, 3.8) is 0 Å². The fourth-order valence-corrected chi connectivity index (χ4v) is 1.29. The zero-order valence-corrected chi connectivity index (χ0v) is 8.45. The second-order valence-electron chi connectivity index (χ2n) is 2.34. The van der Waals surface area contributed by atoms with E-state index in [9.17, 15) is 4.79 Å². The third kappa shape index (κ3) is 2.82. The number of carbonyl (C=O) groups is 1. The van der Waals surface area contributed by atoms with Crippen LogP contribution < -0.4 is 0 Å². The first-order chi connectivity index (χ1) is 6.25. The number of hydrogen-bond acceptors (Lipinski definition) is 3. The molecule has 0 radical (unpaired) electrons. The summed E-state index contributed by atoms with van der Waals surface area (Å²) in [6, 6.07) is 6.98. The highest BCUT2D eigenvalue weighted by atomic mass is 79.9. The molecule has 1 N–H and O–H groups in total. The molecular formula is C9H9BrO3. The van der Waals surface area contributed by atoms with E-state index in [0.717, 1.165) is 0 Å². The summed E-state index contributed by atoms with van der Waals surface area (Å²) in [5.41, 5.74) is 0.468. The number of esters is 1. The molecule has 0 atom stereocenters. The fraction of sp³-hybridized carbons (Fsp3) is 0.222. The Bertz CT molecular complexity index is 299. The SMILES string of the molecule is O=C(OCCO)c1ccccc1Br. The van der Waals surface area contributed by atoms with Crippen molar-refractivity contribution in [3.05, 3.63) is 34.3 Å². The molecule has 0 unspecified atom stereocenters. The molecule has 1 aromatic carbocycles. The second kappa shape index (κ2) is 4.99. The summed E-state index contributed by atoms with van der Waals surface area (Å²) in [5, 5.41) is 8.44. The molecule has 0 aliphatic rings. The van der Waals surface area contributed by atoms with E-state index in [1.807, 2.05) is 6.07 Å². The van der Waals surface area contributed by atoms with Gasteiger partial charge in [-0.25, -0.2) is 4.79 Å². The fourth-order valence-electron chi connectivity index (χ4n) is 0.843. The number of halogens is 1. The van der Waals surface area contributed by atoms with Crippen LogP contribution in [0.3, 0.4) is 0 Å². The third-order valence-corrected chi connectivity index (χ3v) is 2.11. The molecule has 13 heavy (non-hydrogen) atoms. The topological polar surface area (TPSA) is 46.5 Å². The molecule has 1 rings (SSSR count).